The van der Waals surface area contributed by atoms with E-state index in [9.17, 15) is 13.2 Å². The zero-order valence-corrected chi connectivity index (χ0v) is 14.1. The Morgan fingerprint density at radius 1 is 0.640 bits per heavy atom. The lowest BCUT2D eigenvalue weighted by atomic mass is 9.87. The number of hydrogen-bond acceptors (Lipinski definition) is 0. The molecule has 2 atom stereocenters. The van der Waals surface area contributed by atoms with Crippen molar-refractivity contribution in [2.45, 2.75) is 25.7 Å². The summed E-state index contributed by atoms with van der Waals surface area (Å²) in [5.74, 6) is -3.80. The molecule has 3 rings (SSSR count). The molecule has 0 radical (unpaired) electrons. The molecule has 0 saturated heterocycles. The van der Waals surface area contributed by atoms with E-state index in [0.29, 0.717) is 0 Å². The van der Waals surface area contributed by atoms with Crippen molar-refractivity contribution in [3.63, 3.8) is 0 Å². The predicted octanol–water partition coefficient (Wildman–Crippen LogP) is 6.41. The first-order chi connectivity index (χ1) is 12.0. The van der Waals surface area contributed by atoms with Gasteiger partial charge in [-0.15, -0.1) is 0 Å². The molecule has 0 amide bonds. The Morgan fingerprint density at radius 2 is 1.12 bits per heavy atom. The Bertz CT molecular complexity index is 857. The Hall–Kier alpha value is -2.55. The third kappa shape index (κ3) is 3.32. The van der Waals surface area contributed by atoms with Gasteiger partial charge in [0.15, 0.2) is 11.6 Å². The third-order valence-electron chi connectivity index (χ3n) is 4.72. The van der Waals surface area contributed by atoms with Crippen LogP contribution in [0.1, 0.15) is 47.9 Å². The molecule has 0 aromatic heterocycles. The summed E-state index contributed by atoms with van der Waals surface area (Å²) in [6, 6.07) is 19.2. The van der Waals surface area contributed by atoms with Crippen LogP contribution in [0, 0.1) is 17.5 Å². The maximum atomic E-state index is 14.7. The molecule has 2 unspecified atom stereocenters. The van der Waals surface area contributed by atoms with Gasteiger partial charge in [-0.25, -0.2) is 13.2 Å². The van der Waals surface area contributed by atoms with Crippen molar-refractivity contribution in [2.24, 2.45) is 0 Å². The molecule has 3 heteroatoms. The van der Waals surface area contributed by atoms with Crippen molar-refractivity contribution in [3.8, 4) is 0 Å². The Kier molecular flexibility index (Phi) is 4.93. The van der Waals surface area contributed by atoms with Gasteiger partial charge in [0, 0.05) is 23.0 Å². The monoisotopic (exact) mass is 340 g/mol. The van der Waals surface area contributed by atoms with Crippen LogP contribution in [-0.2, 0) is 0 Å². The molecule has 0 aliphatic rings. The maximum Gasteiger partial charge on any atom is 0.165 e. The average molecular weight is 340 g/mol. The van der Waals surface area contributed by atoms with Crippen LogP contribution in [-0.4, -0.2) is 0 Å². The summed E-state index contributed by atoms with van der Waals surface area (Å²) >= 11 is 0. The summed E-state index contributed by atoms with van der Waals surface area (Å²) in [4.78, 5) is 0. The van der Waals surface area contributed by atoms with E-state index >= 15 is 0 Å². The maximum absolute atomic E-state index is 14.7. The molecule has 0 heterocycles. The molecular formula is C22H19F3. The minimum Gasteiger partial charge on any atom is -0.207 e. The molecule has 128 valence electrons. The quantitative estimate of drug-likeness (QED) is 0.482. The second kappa shape index (κ2) is 7.14. The number of hydrogen-bond donors (Lipinski definition) is 0. The minimum atomic E-state index is -1.10. The SMILES string of the molecule is CC(c1ccccc1)c1cc(F)c(C(C)c2ccccc2)c(F)c1F. The van der Waals surface area contributed by atoms with Gasteiger partial charge >= 0.3 is 0 Å². The van der Waals surface area contributed by atoms with Gasteiger partial charge in [0.2, 0.25) is 0 Å². The van der Waals surface area contributed by atoms with E-state index in [4.69, 9.17) is 0 Å². The molecule has 0 fully saturated rings. The van der Waals surface area contributed by atoms with Crippen LogP contribution in [0.5, 0.6) is 0 Å². The predicted molar refractivity (Wildman–Crippen MR) is 94.2 cm³/mol. The second-order valence-electron chi connectivity index (χ2n) is 6.25. The minimum absolute atomic E-state index is 0.0326. The van der Waals surface area contributed by atoms with E-state index in [1.165, 1.54) is 0 Å². The molecule has 3 aromatic carbocycles. The van der Waals surface area contributed by atoms with Crippen molar-refractivity contribution in [1.29, 1.82) is 0 Å². The fraction of sp³-hybridized carbons (Fsp3) is 0.182. The normalized spacial score (nSPS) is 13.5. The summed E-state index contributed by atoms with van der Waals surface area (Å²) in [6.45, 7) is 3.42. The van der Waals surface area contributed by atoms with E-state index in [0.717, 1.165) is 17.2 Å². The van der Waals surface area contributed by atoms with Gasteiger partial charge in [0.1, 0.15) is 5.82 Å². The van der Waals surface area contributed by atoms with E-state index in [-0.39, 0.29) is 11.1 Å². The lowest BCUT2D eigenvalue weighted by Crippen LogP contribution is -2.10. The van der Waals surface area contributed by atoms with Crippen LogP contribution < -0.4 is 0 Å². The third-order valence-corrected chi connectivity index (χ3v) is 4.72. The molecule has 0 aliphatic heterocycles. The molecule has 0 N–H and O–H groups in total. The highest BCUT2D eigenvalue weighted by atomic mass is 19.2. The molecule has 0 nitrogen and oxygen atoms in total. The summed E-state index contributed by atoms with van der Waals surface area (Å²) in [5, 5.41) is 0. The summed E-state index contributed by atoms with van der Waals surface area (Å²) in [6.07, 6.45) is 0. The summed E-state index contributed by atoms with van der Waals surface area (Å²) < 4.78 is 44.1. The Morgan fingerprint density at radius 3 is 1.64 bits per heavy atom. The van der Waals surface area contributed by atoms with Gasteiger partial charge in [-0.2, -0.15) is 0 Å². The Labute approximate surface area is 146 Å². The highest BCUT2D eigenvalue weighted by Crippen LogP contribution is 2.35. The van der Waals surface area contributed by atoms with Crippen LogP contribution in [0.15, 0.2) is 66.7 Å². The van der Waals surface area contributed by atoms with Crippen LogP contribution in [0.4, 0.5) is 13.2 Å². The Balaban J connectivity index is 2.06. The van der Waals surface area contributed by atoms with E-state index < -0.39 is 29.3 Å². The van der Waals surface area contributed by atoms with Gasteiger partial charge < -0.3 is 0 Å². The molecule has 3 aromatic rings. The van der Waals surface area contributed by atoms with E-state index in [2.05, 4.69) is 0 Å². The number of halogens is 3. The first kappa shape index (κ1) is 17.3. The molecule has 25 heavy (non-hydrogen) atoms. The fourth-order valence-corrected chi connectivity index (χ4v) is 3.17. The number of rotatable bonds is 4. The van der Waals surface area contributed by atoms with E-state index in [1.807, 2.05) is 36.4 Å². The van der Waals surface area contributed by atoms with Gasteiger partial charge in [0.05, 0.1) is 0 Å². The van der Waals surface area contributed by atoms with Gasteiger partial charge in [0.25, 0.3) is 0 Å². The standard InChI is InChI=1S/C22H19F3/c1-14(16-9-5-3-6-10-16)18-13-19(23)20(22(25)21(18)24)15(2)17-11-7-4-8-12-17/h3-15H,1-2H3. The zero-order chi connectivity index (χ0) is 18.0. The van der Waals surface area contributed by atoms with Gasteiger partial charge in [-0.3, -0.25) is 0 Å². The largest absolute Gasteiger partial charge is 0.207 e. The smallest absolute Gasteiger partial charge is 0.165 e. The lowest BCUT2D eigenvalue weighted by Gasteiger charge is -2.19. The molecule has 0 spiro atoms. The van der Waals surface area contributed by atoms with Gasteiger partial charge in [-0.1, -0.05) is 74.5 Å². The fourth-order valence-electron chi connectivity index (χ4n) is 3.17. The van der Waals surface area contributed by atoms with Crippen molar-refractivity contribution in [3.05, 3.63) is 106 Å². The summed E-state index contributed by atoms with van der Waals surface area (Å²) in [5.41, 5.74) is 1.35. The van der Waals surface area contributed by atoms with Crippen LogP contribution >= 0.6 is 0 Å². The topological polar surface area (TPSA) is 0 Å². The van der Waals surface area contributed by atoms with Crippen molar-refractivity contribution in [1.82, 2.24) is 0 Å². The number of benzene rings is 3. The molecular weight excluding hydrogens is 321 g/mol. The summed E-state index contributed by atoms with van der Waals surface area (Å²) in [7, 11) is 0. The van der Waals surface area contributed by atoms with Crippen LogP contribution in [0.25, 0.3) is 0 Å². The first-order valence-corrected chi connectivity index (χ1v) is 8.28. The van der Waals surface area contributed by atoms with Crippen LogP contribution in [0.2, 0.25) is 0 Å². The molecule has 0 aliphatic carbocycles. The van der Waals surface area contributed by atoms with Gasteiger partial charge in [-0.05, 0) is 17.2 Å². The van der Waals surface area contributed by atoms with Crippen LogP contribution in [0.3, 0.4) is 0 Å². The zero-order valence-electron chi connectivity index (χ0n) is 14.1. The van der Waals surface area contributed by atoms with Crippen molar-refractivity contribution < 1.29 is 13.2 Å². The highest BCUT2D eigenvalue weighted by molar-refractivity contribution is 5.40. The lowest BCUT2D eigenvalue weighted by molar-refractivity contribution is 0.463. The molecule has 0 saturated carbocycles. The highest BCUT2D eigenvalue weighted by Gasteiger charge is 2.26. The van der Waals surface area contributed by atoms with E-state index in [1.54, 1.807) is 38.1 Å². The van der Waals surface area contributed by atoms with Crippen molar-refractivity contribution in [2.75, 3.05) is 0 Å². The average Bonchev–Trinajstić information content (AvgIpc) is 2.65. The van der Waals surface area contributed by atoms with Crippen molar-refractivity contribution >= 4 is 0 Å². The first-order valence-electron chi connectivity index (χ1n) is 8.28. The molecule has 0 bridgehead atoms. The second-order valence-corrected chi connectivity index (χ2v) is 6.25.